The van der Waals surface area contributed by atoms with Crippen LogP contribution in [-0.2, 0) is 28.6 Å². The summed E-state index contributed by atoms with van der Waals surface area (Å²) in [5.74, 6) is -0.894. The molecule has 0 aromatic carbocycles. The fourth-order valence-electron chi connectivity index (χ4n) is 9.42. The third-order valence-electron chi connectivity index (χ3n) is 14.5. The fourth-order valence-corrected chi connectivity index (χ4v) is 9.42. The molecule has 0 spiro atoms. The van der Waals surface area contributed by atoms with Gasteiger partial charge in [0.05, 0.1) is 0 Å². The molecule has 0 bridgehead atoms. The lowest BCUT2D eigenvalue weighted by Crippen LogP contribution is -2.30. The highest BCUT2D eigenvalue weighted by Gasteiger charge is 2.19. The first-order chi connectivity index (χ1) is 39.5. The molecule has 0 aliphatic heterocycles. The second kappa shape index (κ2) is 67.6. The van der Waals surface area contributed by atoms with Crippen molar-refractivity contribution in [2.45, 2.75) is 329 Å². The van der Waals surface area contributed by atoms with Crippen molar-refractivity contribution in [3.63, 3.8) is 0 Å². The number of allylic oxidation sites excluding steroid dienone is 18. The van der Waals surface area contributed by atoms with E-state index in [4.69, 9.17) is 14.2 Å². The van der Waals surface area contributed by atoms with Gasteiger partial charge in [0.15, 0.2) is 6.10 Å². The monoisotopic (exact) mass is 1110 g/mol. The number of unbranched alkanes of at least 4 members (excludes halogenated alkanes) is 32. The van der Waals surface area contributed by atoms with Crippen molar-refractivity contribution in [2.24, 2.45) is 0 Å². The molecule has 0 radical (unpaired) electrons. The summed E-state index contributed by atoms with van der Waals surface area (Å²) in [5.41, 5.74) is 0. The predicted octanol–water partition coefficient (Wildman–Crippen LogP) is 23.4. The lowest BCUT2D eigenvalue weighted by molar-refractivity contribution is -0.167. The molecule has 0 saturated carbocycles. The Morgan fingerprint density at radius 2 is 0.512 bits per heavy atom. The maximum Gasteiger partial charge on any atom is 0.306 e. The van der Waals surface area contributed by atoms with Gasteiger partial charge in [-0.15, -0.1) is 0 Å². The number of hydrogen-bond acceptors (Lipinski definition) is 6. The van der Waals surface area contributed by atoms with Crippen LogP contribution in [0.2, 0.25) is 0 Å². The summed E-state index contributed by atoms with van der Waals surface area (Å²) in [5, 5.41) is 0. The first-order valence-corrected chi connectivity index (χ1v) is 33.9. The third kappa shape index (κ3) is 64.9. The Kier molecular flexibility index (Phi) is 64.3. The summed E-state index contributed by atoms with van der Waals surface area (Å²) in [6.07, 6.45) is 92.5. The van der Waals surface area contributed by atoms with E-state index < -0.39 is 6.10 Å². The second-order valence-electron chi connectivity index (χ2n) is 22.3. The van der Waals surface area contributed by atoms with Gasteiger partial charge in [0, 0.05) is 19.3 Å². The summed E-state index contributed by atoms with van der Waals surface area (Å²) in [6.45, 7) is 6.46. The maximum atomic E-state index is 12.9. The molecule has 0 saturated heterocycles. The van der Waals surface area contributed by atoms with Gasteiger partial charge in [-0.3, -0.25) is 14.4 Å². The molecular formula is C74H126O6. The quantitative estimate of drug-likeness (QED) is 0.0261. The van der Waals surface area contributed by atoms with E-state index in [1.165, 1.54) is 161 Å². The summed E-state index contributed by atoms with van der Waals surface area (Å²) in [7, 11) is 0. The first kappa shape index (κ1) is 76.1. The Morgan fingerprint density at radius 3 is 0.825 bits per heavy atom. The molecule has 0 aliphatic rings. The zero-order valence-electron chi connectivity index (χ0n) is 52.6. The van der Waals surface area contributed by atoms with Crippen LogP contribution in [0, 0.1) is 0 Å². The van der Waals surface area contributed by atoms with Crippen LogP contribution in [0.4, 0.5) is 0 Å². The van der Waals surface area contributed by atoms with Gasteiger partial charge in [-0.2, -0.15) is 0 Å². The number of carbonyl (C=O) groups excluding carboxylic acids is 3. The molecule has 0 aromatic rings. The topological polar surface area (TPSA) is 78.9 Å². The summed E-state index contributed by atoms with van der Waals surface area (Å²) < 4.78 is 16.9. The molecule has 6 nitrogen and oxygen atoms in total. The van der Waals surface area contributed by atoms with Crippen LogP contribution < -0.4 is 0 Å². The highest BCUT2D eigenvalue weighted by Crippen LogP contribution is 2.16. The van der Waals surface area contributed by atoms with Crippen molar-refractivity contribution >= 4 is 17.9 Å². The van der Waals surface area contributed by atoms with E-state index >= 15 is 0 Å². The zero-order chi connectivity index (χ0) is 57.8. The molecular weight excluding hydrogens is 985 g/mol. The predicted molar refractivity (Wildman–Crippen MR) is 348 cm³/mol. The van der Waals surface area contributed by atoms with E-state index in [-0.39, 0.29) is 31.1 Å². The Labute approximate surface area is 495 Å². The van der Waals surface area contributed by atoms with Gasteiger partial charge in [-0.25, -0.2) is 0 Å². The molecule has 0 N–H and O–H groups in total. The zero-order valence-corrected chi connectivity index (χ0v) is 52.6. The van der Waals surface area contributed by atoms with E-state index in [1.54, 1.807) is 0 Å². The Morgan fingerprint density at radius 1 is 0.263 bits per heavy atom. The molecule has 0 aromatic heterocycles. The Balaban J connectivity index is 4.24. The van der Waals surface area contributed by atoms with E-state index in [9.17, 15) is 14.4 Å². The minimum atomic E-state index is -0.788. The van der Waals surface area contributed by atoms with Crippen molar-refractivity contribution in [3.05, 3.63) is 109 Å². The second-order valence-corrected chi connectivity index (χ2v) is 22.3. The lowest BCUT2D eigenvalue weighted by atomic mass is 10.0. The molecule has 0 aliphatic carbocycles. The standard InChI is InChI=1S/C74H126O6/c1-4-7-10-13-16-19-22-24-26-28-30-32-34-36-37-39-40-42-44-46-48-50-52-55-58-61-64-67-73(76)79-70-71(69-78-72(75)66-63-60-57-54-21-18-15-12-9-6-3)80-74(77)68-65-62-59-56-53-51-49-47-45-43-41-38-35-33-31-29-27-25-23-20-17-14-11-8-5-2/h8,11-12,15,17,20,22,24-25,27-28,30-31,33-34,36,38,41,71H,4-7,9-10,13-14,16,18-19,21,23,26,29,32,35,37,39-40,42-70H2,1-3H3/b11-8-,15-12-,20-17-,24-22-,27-25-,30-28-,33-31-,36-34-,41-38-. The van der Waals surface area contributed by atoms with Crippen LogP contribution in [-0.4, -0.2) is 37.2 Å². The van der Waals surface area contributed by atoms with Gasteiger partial charge in [-0.05, 0) is 122 Å². The van der Waals surface area contributed by atoms with E-state index in [1.807, 2.05) is 0 Å². The Bertz CT molecular complexity index is 1610. The molecule has 0 fully saturated rings. The summed E-state index contributed by atoms with van der Waals surface area (Å²) >= 11 is 0. The lowest BCUT2D eigenvalue weighted by Gasteiger charge is -2.18. The number of esters is 3. The average Bonchev–Trinajstić information content (AvgIpc) is 3.46. The molecule has 458 valence electrons. The molecule has 1 unspecified atom stereocenters. The average molecular weight is 1110 g/mol. The van der Waals surface area contributed by atoms with Crippen LogP contribution in [0.15, 0.2) is 109 Å². The molecule has 0 rings (SSSR count). The molecule has 1 atom stereocenters. The van der Waals surface area contributed by atoms with Crippen LogP contribution in [0.5, 0.6) is 0 Å². The van der Waals surface area contributed by atoms with Crippen LogP contribution in [0.1, 0.15) is 323 Å². The minimum absolute atomic E-state index is 0.0838. The minimum Gasteiger partial charge on any atom is -0.462 e. The van der Waals surface area contributed by atoms with Crippen LogP contribution in [0.3, 0.4) is 0 Å². The number of ether oxygens (including phenoxy) is 3. The van der Waals surface area contributed by atoms with Crippen molar-refractivity contribution in [1.29, 1.82) is 0 Å². The SMILES string of the molecule is CC/C=C\C/C=C\C/C=C\C/C=C\C/C=C\CCCCCCCCCCCC(=O)OC(COC(=O)CCCCCCC/C=C\CCC)COC(=O)CCCCCCCCCCCCCC/C=C\C/C=C\C/C=C\CCCCCCC. The van der Waals surface area contributed by atoms with E-state index in [0.717, 1.165) is 122 Å². The van der Waals surface area contributed by atoms with Gasteiger partial charge < -0.3 is 14.2 Å². The van der Waals surface area contributed by atoms with Crippen LogP contribution >= 0.6 is 0 Å². The molecule has 80 heavy (non-hydrogen) atoms. The van der Waals surface area contributed by atoms with E-state index in [0.29, 0.717) is 19.3 Å². The first-order valence-electron chi connectivity index (χ1n) is 33.9. The highest BCUT2D eigenvalue weighted by atomic mass is 16.6. The number of hydrogen-bond donors (Lipinski definition) is 0. The summed E-state index contributed by atoms with van der Waals surface area (Å²) in [4.78, 5) is 38.3. The van der Waals surface area contributed by atoms with Crippen molar-refractivity contribution < 1.29 is 28.6 Å². The van der Waals surface area contributed by atoms with Gasteiger partial charge >= 0.3 is 17.9 Å². The maximum absolute atomic E-state index is 12.9. The van der Waals surface area contributed by atoms with E-state index in [2.05, 4.69) is 130 Å². The van der Waals surface area contributed by atoms with Crippen molar-refractivity contribution in [1.82, 2.24) is 0 Å². The number of carbonyl (C=O) groups is 3. The fraction of sp³-hybridized carbons (Fsp3) is 0.716. The van der Waals surface area contributed by atoms with Gasteiger partial charge in [0.1, 0.15) is 13.2 Å². The molecule has 0 heterocycles. The largest absolute Gasteiger partial charge is 0.462 e. The summed E-state index contributed by atoms with van der Waals surface area (Å²) in [6, 6.07) is 0. The number of rotatable bonds is 61. The Hall–Kier alpha value is -3.93. The molecule has 0 amide bonds. The van der Waals surface area contributed by atoms with Crippen LogP contribution in [0.25, 0.3) is 0 Å². The van der Waals surface area contributed by atoms with Gasteiger partial charge in [0.2, 0.25) is 0 Å². The smallest absolute Gasteiger partial charge is 0.306 e. The highest BCUT2D eigenvalue weighted by molar-refractivity contribution is 5.71. The van der Waals surface area contributed by atoms with Gasteiger partial charge in [0.25, 0.3) is 0 Å². The normalized spacial score (nSPS) is 12.8. The van der Waals surface area contributed by atoms with Crippen molar-refractivity contribution in [3.8, 4) is 0 Å². The van der Waals surface area contributed by atoms with Gasteiger partial charge in [-0.1, -0.05) is 291 Å². The third-order valence-corrected chi connectivity index (χ3v) is 14.5. The van der Waals surface area contributed by atoms with Crippen molar-refractivity contribution in [2.75, 3.05) is 13.2 Å². The molecule has 6 heteroatoms.